The van der Waals surface area contributed by atoms with Crippen molar-refractivity contribution in [1.29, 1.82) is 5.26 Å². The molecular formula is C18H35N3. The van der Waals surface area contributed by atoms with Crippen LogP contribution in [0.4, 0.5) is 0 Å². The molecule has 0 saturated carbocycles. The van der Waals surface area contributed by atoms with Gasteiger partial charge in [0, 0.05) is 12.6 Å². The van der Waals surface area contributed by atoms with Crippen molar-refractivity contribution in [2.24, 2.45) is 11.3 Å². The topological polar surface area (TPSA) is 39.1 Å². The monoisotopic (exact) mass is 293 g/mol. The Bertz CT molecular complexity index is 350. The standard InChI is InChI=1S/C18H35N3/c1-7-18(14-19,20-15(2)3)10-8-11-21-12-9-16(13-21)17(4,5)6/h15-16,20H,7-13H2,1-6H3. The van der Waals surface area contributed by atoms with Gasteiger partial charge in [-0.1, -0.05) is 27.7 Å². The molecule has 0 aromatic heterocycles. The van der Waals surface area contributed by atoms with E-state index in [0.29, 0.717) is 11.5 Å². The number of nitriles is 1. The van der Waals surface area contributed by atoms with Crippen LogP contribution < -0.4 is 5.32 Å². The van der Waals surface area contributed by atoms with E-state index in [1.807, 2.05) is 0 Å². The van der Waals surface area contributed by atoms with E-state index in [2.05, 4.69) is 57.8 Å². The Hall–Kier alpha value is -0.590. The average molecular weight is 293 g/mol. The fourth-order valence-corrected chi connectivity index (χ4v) is 3.42. The Kier molecular flexibility index (Phi) is 6.69. The third-order valence-corrected chi connectivity index (χ3v) is 4.96. The van der Waals surface area contributed by atoms with Crippen LogP contribution in [0.3, 0.4) is 0 Å². The molecule has 122 valence electrons. The molecule has 21 heavy (non-hydrogen) atoms. The van der Waals surface area contributed by atoms with E-state index in [1.54, 1.807) is 0 Å². The summed E-state index contributed by atoms with van der Waals surface area (Å²) in [5, 5.41) is 13.0. The summed E-state index contributed by atoms with van der Waals surface area (Å²) < 4.78 is 0. The molecule has 0 amide bonds. The molecule has 2 unspecified atom stereocenters. The normalized spacial score (nSPS) is 23.2. The molecule has 1 saturated heterocycles. The Balaban J connectivity index is 2.41. The molecule has 1 heterocycles. The number of likely N-dealkylation sites (tertiary alicyclic amines) is 1. The Labute approximate surface area is 132 Å². The Morgan fingerprint density at radius 1 is 1.33 bits per heavy atom. The van der Waals surface area contributed by atoms with E-state index < -0.39 is 0 Å². The predicted octanol–water partition coefficient (Wildman–Crippen LogP) is 3.80. The Morgan fingerprint density at radius 3 is 2.43 bits per heavy atom. The number of hydrogen-bond acceptors (Lipinski definition) is 3. The lowest BCUT2D eigenvalue weighted by Crippen LogP contribution is -2.47. The van der Waals surface area contributed by atoms with Gasteiger partial charge in [-0.3, -0.25) is 5.32 Å². The molecule has 3 nitrogen and oxygen atoms in total. The largest absolute Gasteiger partial charge is 0.303 e. The molecule has 1 fully saturated rings. The zero-order valence-corrected chi connectivity index (χ0v) is 15.0. The van der Waals surface area contributed by atoms with Gasteiger partial charge in [-0.05, 0) is 64.0 Å². The minimum absolute atomic E-state index is 0.336. The second kappa shape index (κ2) is 7.61. The second-order valence-corrected chi connectivity index (χ2v) is 8.10. The van der Waals surface area contributed by atoms with Crippen LogP contribution in [0.5, 0.6) is 0 Å². The number of nitrogens with one attached hydrogen (secondary N) is 1. The maximum atomic E-state index is 9.54. The van der Waals surface area contributed by atoms with Gasteiger partial charge in [0.2, 0.25) is 0 Å². The number of nitrogens with zero attached hydrogens (tertiary/aromatic N) is 2. The zero-order chi connectivity index (χ0) is 16.1. The third-order valence-electron chi connectivity index (χ3n) is 4.96. The van der Waals surface area contributed by atoms with Crippen molar-refractivity contribution < 1.29 is 0 Å². The van der Waals surface area contributed by atoms with E-state index in [-0.39, 0.29) is 5.54 Å². The minimum Gasteiger partial charge on any atom is -0.303 e. The Morgan fingerprint density at radius 2 is 2.00 bits per heavy atom. The van der Waals surface area contributed by atoms with E-state index in [1.165, 1.54) is 19.5 Å². The molecule has 2 atom stereocenters. The predicted molar refractivity (Wildman–Crippen MR) is 90.1 cm³/mol. The van der Waals surface area contributed by atoms with Crippen LogP contribution in [0.15, 0.2) is 0 Å². The number of rotatable bonds is 7. The molecule has 0 aliphatic carbocycles. The molecule has 1 aliphatic rings. The van der Waals surface area contributed by atoms with Crippen molar-refractivity contribution in [3.8, 4) is 6.07 Å². The van der Waals surface area contributed by atoms with Gasteiger partial charge in [-0.25, -0.2) is 0 Å². The second-order valence-electron chi connectivity index (χ2n) is 8.10. The van der Waals surface area contributed by atoms with E-state index in [9.17, 15) is 5.26 Å². The SMILES string of the molecule is CCC(C#N)(CCCN1CCC(C(C)(C)C)C1)NC(C)C. The highest BCUT2D eigenvalue weighted by atomic mass is 15.1. The van der Waals surface area contributed by atoms with Crippen molar-refractivity contribution in [2.75, 3.05) is 19.6 Å². The van der Waals surface area contributed by atoms with Crippen LogP contribution in [0.25, 0.3) is 0 Å². The van der Waals surface area contributed by atoms with Crippen molar-refractivity contribution in [3.05, 3.63) is 0 Å². The van der Waals surface area contributed by atoms with Gasteiger partial charge in [0.25, 0.3) is 0 Å². The van der Waals surface area contributed by atoms with Gasteiger partial charge in [0.15, 0.2) is 0 Å². The van der Waals surface area contributed by atoms with Crippen LogP contribution in [-0.2, 0) is 0 Å². The van der Waals surface area contributed by atoms with Crippen molar-refractivity contribution >= 4 is 0 Å². The van der Waals surface area contributed by atoms with Crippen molar-refractivity contribution in [2.45, 2.75) is 78.8 Å². The fraction of sp³-hybridized carbons (Fsp3) is 0.944. The van der Waals surface area contributed by atoms with Crippen molar-refractivity contribution in [3.63, 3.8) is 0 Å². The molecule has 1 rings (SSSR count). The molecule has 1 N–H and O–H groups in total. The summed E-state index contributed by atoms with van der Waals surface area (Å²) in [6, 6.07) is 2.89. The molecule has 1 aliphatic heterocycles. The fourth-order valence-electron chi connectivity index (χ4n) is 3.42. The van der Waals surface area contributed by atoms with Gasteiger partial charge >= 0.3 is 0 Å². The molecule has 3 heteroatoms. The highest BCUT2D eigenvalue weighted by Crippen LogP contribution is 2.33. The van der Waals surface area contributed by atoms with Gasteiger partial charge in [0.1, 0.15) is 5.54 Å². The number of hydrogen-bond donors (Lipinski definition) is 1. The lowest BCUT2D eigenvalue weighted by atomic mass is 9.80. The molecule has 0 aromatic rings. The van der Waals surface area contributed by atoms with Crippen LogP contribution in [0.2, 0.25) is 0 Å². The summed E-state index contributed by atoms with van der Waals surface area (Å²) in [5.41, 5.74) is 0.0884. The van der Waals surface area contributed by atoms with Crippen LogP contribution >= 0.6 is 0 Å². The van der Waals surface area contributed by atoms with Crippen LogP contribution in [0, 0.1) is 22.7 Å². The summed E-state index contributed by atoms with van der Waals surface area (Å²) in [4.78, 5) is 2.59. The smallest absolute Gasteiger partial charge is 0.106 e. The van der Waals surface area contributed by atoms with E-state index >= 15 is 0 Å². The summed E-state index contributed by atoms with van der Waals surface area (Å²) >= 11 is 0. The first-order valence-corrected chi connectivity index (χ1v) is 8.64. The van der Waals surface area contributed by atoms with Crippen molar-refractivity contribution in [1.82, 2.24) is 10.2 Å². The maximum Gasteiger partial charge on any atom is 0.106 e. The zero-order valence-electron chi connectivity index (χ0n) is 15.0. The molecule has 0 radical (unpaired) electrons. The van der Waals surface area contributed by atoms with E-state index in [4.69, 9.17) is 0 Å². The van der Waals surface area contributed by atoms with Gasteiger partial charge in [-0.2, -0.15) is 5.26 Å². The summed E-state index contributed by atoms with van der Waals surface area (Å²) in [5.74, 6) is 0.818. The van der Waals surface area contributed by atoms with Gasteiger partial charge in [0.05, 0.1) is 6.07 Å². The summed E-state index contributed by atoms with van der Waals surface area (Å²) in [7, 11) is 0. The molecule has 0 bridgehead atoms. The van der Waals surface area contributed by atoms with E-state index in [0.717, 1.165) is 31.7 Å². The third kappa shape index (κ3) is 5.60. The lowest BCUT2D eigenvalue weighted by molar-refractivity contribution is 0.223. The van der Waals surface area contributed by atoms with Crippen LogP contribution in [-0.4, -0.2) is 36.1 Å². The summed E-state index contributed by atoms with van der Waals surface area (Å²) in [6.45, 7) is 17.0. The first-order valence-electron chi connectivity index (χ1n) is 8.64. The molecule has 0 aromatic carbocycles. The maximum absolute atomic E-state index is 9.54. The highest BCUT2D eigenvalue weighted by Gasteiger charge is 2.32. The molecular weight excluding hydrogens is 258 g/mol. The minimum atomic E-state index is -0.336. The molecule has 0 spiro atoms. The van der Waals surface area contributed by atoms with Gasteiger partial charge in [-0.15, -0.1) is 0 Å². The quantitative estimate of drug-likeness (QED) is 0.776. The summed E-state index contributed by atoms with van der Waals surface area (Å²) in [6.07, 6.45) is 4.27. The first kappa shape index (κ1) is 18.5. The van der Waals surface area contributed by atoms with Gasteiger partial charge < -0.3 is 4.90 Å². The average Bonchev–Trinajstić information content (AvgIpc) is 2.85. The first-order chi connectivity index (χ1) is 9.72. The lowest BCUT2D eigenvalue weighted by Gasteiger charge is -2.30. The van der Waals surface area contributed by atoms with Crippen LogP contribution in [0.1, 0.15) is 67.2 Å². The highest BCUT2D eigenvalue weighted by molar-refractivity contribution is 5.07.